The maximum absolute atomic E-state index is 12.3. The SMILES string of the molecule is CCCCOC(=O)Cn1nc(C(=O)O)c2ccccc2c1=O. The van der Waals surface area contributed by atoms with Crippen LogP contribution in [0.2, 0.25) is 0 Å². The summed E-state index contributed by atoms with van der Waals surface area (Å²) in [5.41, 5.74) is -0.787. The highest BCUT2D eigenvalue weighted by atomic mass is 16.5. The number of hydrogen-bond donors (Lipinski definition) is 1. The predicted molar refractivity (Wildman–Crippen MR) is 78.8 cm³/mol. The van der Waals surface area contributed by atoms with Gasteiger partial charge >= 0.3 is 11.9 Å². The lowest BCUT2D eigenvalue weighted by atomic mass is 10.1. The lowest BCUT2D eigenvalue weighted by Gasteiger charge is -2.08. The number of carbonyl (C=O) groups excluding carboxylic acids is 1. The molecule has 0 saturated heterocycles. The van der Waals surface area contributed by atoms with E-state index in [1.54, 1.807) is 12.1 Å². The summed E-state index contributed by atoms with van der Waals surface area (Å²) in [5.74, 6) is -1.88. The number of unbranched alkanes of at least 4 members (excludes halogenated alkanes) is 1. The molecule has 0 aliphatic heterocycles. The number of rotatable bonds is 6. The molecule has 0 radical (unpaired) electrons. The van der Waals surface area contributed by atoms with Crippen LogP contribution in [0.1, 0.15) is 30.3 Å². The van der Waals surface area contributed by atoms with E-state index < -0.39 is 24.0 Å². The van der Waals surface area contributed by atoms with Gasteiger partial charge in [0, 0.05) is 5.39 Å². The Kier molecular flexibility index (Phi) is 4.88. The van der Waals surface area contributed by atoms with Gasteiger partial charge in [-0.1, -0.05) is 31.5 Å². The van der Waals surface area contributed by atoms with E-state index in [4.69, 9.17) is 4.74 Å². The van der Waals surface area contributed by atoms with Gasteiger partial charge in [0.1, 0.15) is 6.54 Å². The molecule has 0 spiro atoms. The summed E-state index contributed by atoms with van der Waals surface area (Å²) in [7, 11) is 0. The zero-order chi connectivity index (χ0) is 16.1. The first-order valence-electron chi connectivity index (χ1n) is 6.93. The molecule has 0 amide bonds. The van der Waals surface area contributed by atoms with Gasteiger partial charge in [-0.2, -0.15) is 5.10 Å². The van der Waals surface area contributed by atoms with Gasteiger partial charge in [0.15, 0.2) is 5.69 Å². The average molecular weight is 304 g/mol. The minimum Gasteiger partial charge on any atom is -0.476 e. The number of aromatic carboxylic acids is 1. The Labute approximate surface area is 126 Å². The van der Waals surface area contributed by atoms with Crippen molar-refractivity contribution >= 4 is 22.7 Å². The Morgan fingerprint density at radius 1 is 1.27 bits per heavy atom. The predicted octanol–water partition coefficient (Wildman–Crippen LogP) is 1.44. The molecular weight excluding hydrogens is 288 g/mol. The Morgan fingerprint density at radius 2 is 1.95 bits per heavy atom. The van der Waals surface area contributed by atoms with Crippen LogP contribution in [0.5, 0.6) is 0 Å². The Balaban J connectivity index is 2.38. The van der Waals surface area contributed by atoms with Gasteiger partial charge in [0.2, 0.25) is 0 Å². The second-order valence-corrected chi connectivity index (χ2v) is 4.74. The van der Waals surface area contributed by atoms with Crippen LogP contribution in [-0.2, 0) is 16.1 Å². The van der Waals surface area contributed by atoms with Gasteiger partial charge in [0.05, 0.1) is 12.0 Å². The normalized spacial score (nSPS) is 10.6. The second kappa shape index (κ2) is 6.84. The van der Waals surface area contributed by atoms with Gasteiger partial charge in [-0.05, 0) is 12.5 Å². The summed E-state index contributed by atoms with van der Waals surface area (Å²) in [6.45, 7) is 1.82. The van der Waals surface area contributed by atoms with Gasteiger partial charge in [-0.15, -0.1) is 0 Å². The van der Waals surface area contributed by atoms with Gasteiger partial charge < -0.3 is 9.84 Å². The summed E-state index contributed by atoms with van der Waals surface area (Å²) in [6, 6.07) is 6.26. The van der Waals surface area contributed by atoms with Crippen LogP contribution in [0.3, 0.4) is 0 Å². The van der Waals surface area contributed by atoms with Crippen molar-refractivity contribution in [2.45, 2.75) is 26.3 Å². The number of aromatic nitrogens is 2. The molecule has 22 heavy (non-hydrogen) atoms. The Bertz CT molecular complexity index is 766. The molecule has 0 saturated carbocycles. The molecule has 2 rings (SSSR count). The van der Waals surface area contributed by atoms with E-state index in [0.717, 1.165) is 17.5 Å². The van der Waals surface area contributed by atoms with E-state index in [0.29, 0.717) is 0 Å². The first-order chi connectivity index (χ1) is 10.5. The molecule has 116 valence electrons. The third-order valence-corrected chi connectivity index (χ3v) is 3.11. The highest BCUT2D eigenvalue weighted by Gasteiger charge is 2.17. The molecule has 0 unspecified atom stereocenters. The summed E-state index contributed by atoms with van der Waals surface area (Å²) in [6.07, 6.45) is 1.61. The molecule has 0 fully saturated rings. The van der Waals surface area contributed by atoms with Crippen molar-refractivity contribution in [1.82, 2.24) is 9.78 Å². The van der Waals surface area contributed by atoms with Crippen LogP contribution in [0.15, 0.2) is 29.1 Å². The fourth-order valence-corrected chi connectivity index (χ4v) is 2.00. The van der Waals surface area contributed by atoms with Crippen molar-refractivity contribution in [3.63, 3.8) is 0 Å². The number of benzene rings is 1. The van der Waals surface area contributed by atoms with Crippen molar-refractivity contribution in [2.75, 3.05) is 6.61 Å². The van der Waals surface area contributed by atoms with E-state index >= 15 is 0 Å². The Hall–Kier alpha value is -2.70. The molecule has 1 N–H and O–H groups in total. The fraction of sp³-hybridized carbons (Fsp3) is 0.333. The zero-order valence-corrected chi connectivity index (χ0v) is 12.1. The average Bonchev–Trinajstić information content (AvgIpc) is 2.50. The molecule has 2 aromatic rings. The van der Waals surface area contributed by atoms with Crippen molar-refractivity contribution in [3.05, 3.63) is 40.3 Å². The third-order valence-electron chi connectivity index (χ3n) is 3.11. The van der Waals surface area contributed by atoms with Crippen LogP contribution in [0.4, 0.5) is 0 Å². The van der Waals surface area contributed by atoms with Crippen LogP contribution < -0.4 is 5.56 Å². The maximum Gasteiger partial charge on any atom is 0.357 e. The highest BCUT2D eigenvalue weighted by Crippen LogP contribution is 2.13. The maximum atomic E-state index is 12.3. The molecule has 0 aliphatic rings. The molecule has 0 atom stereocenters. The first-order valence-corrected chi connectivity index (χ1v) is 6.93. The van der Waals surface area contributed by atoms with Crippen LogP contribution in [-0.4, -0.2) is 33.4 Å². The smallest absolute Gasteiger partial charge is 0.357 e. The number of nitrogens with zero attached hydrogens (tertiary/aromatic N) is 2. The number of carbonyl (C=O) groups is 2. The monoisotopic (exact) mass is 304 g/mol. The summed E-state index contributed by atoms with van der Waals surface area (Å²) >= 11 is 0. The first kappa shape index (κ1) is 15.7. The number of hydrogen-bond acceptors (Lipinski definition) is 5. The Morgan fingerprint density at radius 3 is 2.59 bits per heavy atom. The number of carboxylic acids is 1. The van der Waals surface area contributed by atoms with Gasteiger partial charge in [-0.25, -0.2) is 9.48 Å². The van der Waals surface area contributed by atoms with Gasteiger partial charge in [0.25, 0.3) is 5.56 Å². The minimum atomic E-state index is -1.26. The minimum absolute atomic E-state index is 0.205. The van der Waals surface area contributed by atoms with Crippen molar-refractivity contribution in [1.29, 1.82) is 0 Å². The standard InChI is InChI=1S/C15H16N2O5/c1-2-3-8-22-12(18)9-17-14(19)11-7-5-4-6-10(11)13(16-17)15(20)21/h4-7H,2-3,8-9H2,1H3,(H,20,21). The van der Waals surface area contributed by atoms with E-state index in [9.17, 15) is 19.5 Å². The summed E-state index contributed by atoms with van der Waals surface area (Å²) in [4.78, 5) is 35.2. The van der Waals surface area contributed by atoms with E-state index in [1.165, 1.54) is 12.1 Å². The number of fused-ring (bicyclic) bond motifs is 1. The van der Waals surface area contributed by atoms with Gasteiger partial charge in [-0.3, -0.25) is 9.59 Å². The van der Waals surface area contributed by atoms with Crippen LogP contribution >= 0.6 is 0 Å². The van der Waals surface area contributed by atoms with Crippen molar-refractivity contribution < 1.29 is 19.4 Å². The number of carboxylic acid groups (broad SMARTS) is 1. The lowest BCUT2D eigenvalue weighted by Crippen LogP contribution is -2.30. The van der Waals surface area contributed by atoms with Crippen molar-refractivity contribution in [2.24, 2.45) is 0 Å². The van der Waals surface area contributed by atoms with E-state index in [1.807, 2.05) is 6.92 Å². The van der Waals surface area contributed by atoms with Crippen molar-refractivity contribution in [3.8, 4) is 0 Å². The summed E-state index contributed by atoms with van der Waals surface area (Å²) in [5, 5.41) is 13.4. The van der Waals surface area contributed by atoms with Crippen LogP contribution in [0.25, 0.3) is 10.8 Å². The highest BCUT2D eigenvalue weighted by molar-refractivity contribution is 6.01. The molecule has 0 bridgehead atoms. The van der Waals surface area contributed by atoms with E-state index in [2.05, 4.69) is 5.10 Å². The molecular formula is C15H16N2O5. The van der Waals surface area contributed by atoms with Crippen LogP contribution in [0, 0.1) is 0 Å². The number of ether oxygens (including phenoxy) is 1. The third kappa shape index (κ3) is 3.30. The quantitative estimate of drug-likeness (QED) is 0.640. The number of esters is 1. The topological polar surface area (TPSA) is 98.5 Å². The summed E-state index contributed by atoms with van der Waals surface area (Å²) < 4.78 is 5.80. The fourth-order valence-electron chi connectivity index (χ4n) is 2.00. The molecule has 7 nitrogen and oxygen atoms in total. The largest absolute Gasteiger partial charge is 0.476 e. The molecule has 1 aromatic heterocycles. The second-order valence-electron chi connectivity index (χ2n) is 4.74. The lowest BCUT2D eigenvalue weighted by molar-refractivity contribution is -0.144. The molecule has 7 heteroatoms. The van der Waals surface area contributed by atoms with E-state index in [-0.39, 0.29) is 23.1 Å². The molecule has 0 aliphatic carbocycles. The zero-order valence-electron chi connectivity index (χ0n) is 12.1. The molecule has 1 heterocycles. The molecule has 1 aromatic carbocycles.